The van der Waals surface area contributed by atoms with Crippen LogP contribution in [0.2, 0.25) is 5.02 Å². The molecule has 116 valence electrons. The minimum Gasteiger partial charge on any atom is -0.376 e. The van der Waals surface area contributed by atoms with E-state index in [1.807, 2.05) is 6.92 Å². The minimum absolute atomic E-state index is 0.00530. The normalized spacial score (nSPS) is 22.3. The van der Waals surface area contributed by atoms with Gasteiger partial charge in [-0.25, -0.2) is 13.6 Å². The first-order valence-electron chi connectivity index (χ1n) is 6.43. The Morgan fingerprint density at radius 1 is 1.48 bits per heavy atom. The van der Waals surface area contributed by atoms with E-state index < -0.39 is 10.0 Å². The fourth-order valence-electron chi connectivity index (χ4n) is 2.44. The number of sulfonamides is 1. The van der Waals surface area contributed by atoms with Gasteiger partial charge >= 0.3 is 0 Å². The molecule has 6 nitrogen and oxygen atoms in total. The summed E-state index contributed by atoms with van der Waals surface area (Å²) in [5.41, 5.74) is 0.227. The first-order valence-corrected chi connectivity index (χ1v) is 8.35. The van der Waals surface area contributed by atoms with Crippen molar-refractivity contribution in [2.24, 2.45) is 5.14 Å². The molecule has 8 heteroatoms. The number of amides is 1. The maximum absolute atomic E-state index is 12.5. The maximum Gasteiger partial charge on any atom is 0.253 e. The topological polar surface area (TPSA) is 89.7 Å². The summed E-state index contributed by atoms with van der Waals surface area (Å²) in [6, 6.07) is 4.01. The summed E-state index contributed by atoms with van der Waals surface area (Å²) in [4.78, 5) is 13.8. The number of halogens is 1. The van der Waals surface area contributed by atoms with Crippen LogP contribution in [0.5, 0.6) is 0 Å². The first kappa shape index (κ1) is 16.2. The molecule has 21 heavy (non-hydrogen) atoms. The largest absolute Gasteiger partial charge is 0.376 e. The van der Waals surface area contributed by atoms with Crippen LogP contribution >= 0.6 is 11.6 Å². The van der Waals surface area contributed by atoms with Crippen molar-refractivity contribution in [2.75, 3.05) is 13.7 Å². The molecule has 1 aromatic carbocycles. The summed E-state index contributed by atoms with van der Waals surface area (Å²) in [7, 11) is -2.30. The summed E-state index contributed by atoms with van der Waals surface area (Å²) < 4.78 is 28.3. The lowest BCUT2D eigenvalue weighted by Crippen LogP contribution is -2.41. The predicted octanol–water partition coefficient (Wildman–Crippen LogP) is 1.24. The second-order valence-electron chi connectivity index (χ2n) is 5.04. The van der Waals surface area contributed by atoms with E-state index in [1.165, 1.54) is 18.2 Å². The van der Waals surface area contributed by atoms with Gasteiger partial charge in [0, 0.05) is 19.2 Å². The molecule has 1 saturated heterocycles. The number of benzene rings is 1. The summed E-state index contributed by atoms with van der Waals surface area (Å²) in [6.45, 7) is 2.51. The fraction of sp³-hybridized carbons (Fsp3) is 0.462. The Kier molecular flexibility index (Phi) is 4.57. The smallest absolute Gasteiger partial charge is 0.253 e. The number of likely N-dealkylation sites (N-methyl/N-ethyl adjacent to an activating group) is 1. The van der Waals surface area contributed by atoms with E-state index in [2.05, 4.69) is 0 Å². The van der Waals surface area contributed by atoms with Gasteiger partial charge in [0.1, 0.15) is 4.90 Å². The van der Waals surface area contributed by atoms with E-state index >= 15 is 0 Å². The third-order valence-electron chi connectivity index (χ3n) is 3.64. The van der Waals surface area contributed by atoms with Gasteiger partial charge in [-0.3, -0.25) is 4.79 Å². The molecule has 1 heterocycles. The van der Waals surface area contributed by atoms with Gasteiger partial charge in [-0.05, 0) is 31.5 Å². The van der Waals surface area contributed by atoms with Gasteiger partial charge in [0.05, 0.1) is 17.2 Å². The number of nitrogens with two attached hydrogens (primary N) is 1. The van der Waals surface area contributed by atoms with Crippen molar-refractivity contribution < 1.29 is 17.9 Å². The minimum atomic E-state index is -3.97. The van der Waals surface area contributed by atoms with Gasteiger partial charge in [0.25, 0.3) is 5.91 Å². The quantitative estimate of drug-likeness (QED) is 0.901. The van der Waals surface area contributed by atoms with Crippen LogP contribution in [0.4, 0.5) is 0 Å². The molecule has 0 aliphatic carbocycles. The highest BCUT2D eigenvalue weighted by Crippen LogP contribution is 2.24. The van der Waals surface area contributed by atoms with Crippen LogP contribution in [-0.2, 0) is 14.8 Å². The highest BCUT2D eigenvalue weighted by Gasteiger charge is 2.31. The van der Waals surface area contributed by atoms with Crippen molar-refractivity contribution >= 4 is 27.5 Å². The van der Waals surface area contributed by atoms with Crippen LogP contribution in [0.3, 0.4) is 0 Å². The highest BCUT2D eigenvalue weighted by atomic mass is 35.5. The molecule has 2 rings (SSSR count). The molecule has 0 bridgehead atoms. The molecule has 1 amide bonds. The Hall–Kier alpha value is -1.15. The molecular weight excluding hydrogens is 316 g/mol. The van der Waals surface area contributed by atoms with E-state index in [1.54, 1.807) is 11.9 Å². The van der Waals surface area contributed by atoms with E-state index in [9.17, 15) is 13.2 Å². The van der Waals surface area contributed by atoms with Gasteiger partial charge in [0.2, 0.25) is 10.0 Å². The van der Waals surface area contributed by atoms with E-state index in [0.717, 1.165) is 6.42 Å². The molecule has 1 aromatic rings. The molecule has 0 radical (unpaired) electrons. The highest BCUT2D eigenvalue weighted by molar-refractivity contribution is 7.89. The Morgan fingerprint density at radius 2 is 2.14 bits per heavy atom. The van der Waals surface area contributed by atoms with Crippen LogP contribution in [0, 0.1) is 0 Å². The average molecular weight is 333 g/mol. The standard InChI is InChI=1S/C13H17ClN2O4S/c1-8-11(5-6-20-8)16(2)13(17)9-3-4-10(14)12(7-9)21(15,18)19/h3-4,7-8,11H,5-6H2,1-2H3,(H2,15,18,19). The molecule has 2 unspecified atom stereocenters. The molecule has 1 aliphatic heterocycles. The van der Waals surface area contributed by atoms with Crippen molar-refractivity contribution in [3.63, 3.8) is 0 Å². The lowest BCUT2D eigenvalue weighted by atomic mass is 10.1. The van der Waals surface area contributed by atoms with Gasteiger partial charge in [-0.15, -0.1) is 0 Å². The fourth-order valence-corrected chi connectivity index (χ4v) is 3.51. The Morgan fingerprint density at radius 3 is 2.67 bits per heavy atom. The molecule has 0 aromatic heterocycles. The number of hydrogen-bond acceptors (Lipinski definition) is 4. The number of primary sulfonamides is 1. The molecule has 1 aliphatic rings. The van der Waals surface area contributed by atoms with Gasteiger partial charge in [0.15, 0.2) is 0 Å². The van der Waals surface area contributed by atoms with Crippen molar-refractivity contribution in [3.8, 4) is 0 Å². The molecular formula is C13H17ClN2O4S. The van der Waals surface area contributed by atoms with Crippen LogP contribution < -0.4 is 5.14 Å². The summed E-state index contributed by atoms with van der Waals surface area (Å²) in [5, 5.41) is 5.08. The zero-order valence-corrected chi connectivity index (χ0v) is 13.3. The van der Waals surface area contributed by atoms with E-state index in [-0.39, 0.29) is 33.5 Å². The zero-order valence-electron chi connectivity index (χ0n) is 11.7. The van der Waals surface area contributed by atoms with Gasteiger partial charge in [-0.2, -0.15) is 0 Å². The predicted molar refractivity (Wildman–Crippen MR) is 78.7 cm³/mol. The second kappa shape index (κ2) is 5.92. The van der Waals surface area contributed by atoms with Crippen molar-refractivity contribution in [1.29, 1.82) is 0 Å². The second-order valence-corrected chi connectivity index (χ2v) is 6.98. The van der Waals surface area contributed by atoms with Crippen molar-refractivity contribution in [3.05, 3.63) is 28.8 Å². The number of ether oxygens (including phenoxy) is 1. The maximum atomic E-state index is 12.5. The number of carbonyl (C=O) groups excluding carboxylic acids is 1. The number of rotatable bonds is 3. The van der Waals surface area contributed by atoms with Gasteiger partial charge in [-0.1, -0.05) is 11.6 Å². The number of carbonyl (C=O) groups is 1. The average Bonchev–Trinajstić information content (AvgIpc) is 2.82. The lowest BCUT2D eigenvalue weighted by Gasteiger charge is -2.27. The van der Waals surface area contributed by atoms with Crippen molar-refractivity contribution in [1.82, 2.24) is 4.90 Å². The zero-order chi connectivity index (χ0) is 15.8. The third-order valence-corrected chi connectivity index (χ3v) is 5.03. The van der Waals surface area contributed by atoms with Crippen LogP contribution in [0.25, 0.3) is 0 Å². The van der Waals surface area contributed by atoms with Crippen molar-refractivity contribution in [2.45, 2.75) is 30.4 Å². The van der Waals surface area contributed by atoms with Crippen LogP contribution in [-0.4, -0.2) is 45.0 Å². The number of hydrogen-bond donors (Lipinski definition) is 1. The SMILES string of the molecule is CC1OCCC1N(C)C(=O)c1ccc(Cl)c(S(N)(=O)=O)c1. The molecule has 1 fully saturated rings. The Labute approximate surface area is 128 Å². The van der Waals surface area contributed by atoms with Crippen LogP contribution in [0.15, 0.2) is 23.1 Å². The summed E-state index contributed by atoms with van der Waals surface area (Å²) in [6.07, 6.45) is 0.697. The Bertz CT molecular complexity index is 662. The van der Waals surface area contributed by atoms with Gasteiger partial charge < -0.3 is 9.64 Å². The first-order chi connectivity index (χ1) is 9.71. The van der Waals surface area contributed by atoms with E-state index in [0.29, 0.717) is 6.61 Å². The number of nitrogens with zero attached hydrogens (tertiary/aromatic N) is 1. The molecule has 0 saturated carbocycles. The summed E-state index contributed by atoms with van der Waals surface area (Å²) >= 11 is 5.81. The Balaban J connectivity index is 2.32. The van der Waals surface area contributed by atoms with E-state index in [4.69, 9.17) is 21.5 Å². The summed E-state index contributed by atoms with van der Waals surface area (Å²) in [5.74, 6) is -0.293. The molecule has 2 N–H and O–H groups in total. The molecule has 0 spiro atoms. The third kappa shape index (κ3) is 3.37. The molecule has 2 atom stereocenters. The van der Waals surface area contributed by atoms with Crippen LogP contribution in [0.1, 0.15) is 23.7 Å². The monoisotopic (exact) mass is 332 g/mol. The lowest BCUT2D eigenvalue weighted by molar-refractivity contribution is 0.0574.